The quantitative estimate of drug-likeness (QED) is 0.652. The number of alkyl halides is 2. The molecule has 0 radical (unpaired) electrons. The van der Waals surface area contributed by atoms with Crippen LogP contribution in [-0.4, -0.2) is 5.92 Å². The van der Waals surface area contributed by atoms with E-state index in [2.05, 4.69) is 0 Å². The van der Waals surface area contributed by atoms with E-state index in [1.165, 1.54) is 0 Å². The second-order valence-corrected chi connectivity index (χ2v) is 5.20. The molecule has 2 aliphatic rings. The minimum absolute atomic E-state index is 0.614. The molecule has 1 fully saturated rings. The number of rotatable bonds is 0. The van der Waals surface area contributed by atoms with Crippen LogP contribution in [0.15, 0.2) is 48.5 Å². The molecule has 0 aromatic heterocycles. The molecule has 2 aromatic rings. The highest BCUT2D eigenvalue weighted by atomic mass is 19.3. The Morgan fingerprint density at radius 2 is 1.22 bits per heavy atom. The van der Waals surface area contributed by atoms with Crippen molar-refractivity contribution in [1.82, 2.24) is 0 Å². The molecule has 0 bridgehead atoms. The van der Waals surface area contributed by atoms with E-state index >= 15 is 0 Å². The van der Waals surface area contributed by atoms with Gasteiger partial charge in [-0.2, -0.15) is 0 Å². The van der Waals surface area contributed by atoms with Gasteiger partial charge in [0.15, 0.2) is 0 Å². The zero-order chi connectivity index (χ0) is 12.3. The van der Waals surface area contributed by atoms with Crippen LogP contribution in [-0.2, 0) is 6.42 Å². The third kappa shape index (κ3) is 1.18. The second-order valence-electron chi connectivity index (χ2n) is 5.20. The first-order valence-corrected chi connectivity index (χ1v) is 6.23. The molecule has 0 nitrogen and oxygen atoms in total. The summed E-state index contributed by atoms with van der Waals surface area (Å²) in [5.74, 6) is -3.80. The predicted octanol–water partition coefficient (Wildman–Crippen LogP) is 4.11. The fraction of sp³-hybridized carbons (Fsp3) is 0.250. The lowest BCUT2D eigenvalue weighted by molar-refractivity contribution is 0.104. The first-order valence-electron chi connectivity index (χ1n) is 6.23. The standard InChI is InChI=1S/C16H12F2/c17-16(18)14-12-7-3-1-5-10(12)9-11-6-2-4-8-13(11)15(14)16/h1-8,14-15H,9H2/t14-,15+. The first kappa shape index (κ1) is 10.2. The Bertz CT molecular complexity index is 577. The molecule has 18 heavy (non-hydrogen) atoms. The molecule has 2 aromatic carbocycles. The Hall–Kier alpha value is -1.70. The van der Waals surface area contributed by atoms with E-state index in [1.807, 2.05) is 48.5 Å². The Labute approximate surface area is 104 Å². The molecule has 2 heteroatoms. The average Bonchev–Trinajstić information content (AvgIpc) is 2.98. The lowest BCUT2D eigenvalue weighted by Gasteiger charge is -2.10. The highest BCUT2D eigenvalue weighted by Crippen LogP contribution is 2.69. The third-order valence-corrected chi connectivity index (χ3v) is 4.21. The third-order valence-electron chi connectivity index (χ3n) is 4.21. The number of hydrogen-bond acceptors (Lipinski definition) is 0. The number of hydrogen-bond donors (Lipinski definition) is 0. The van der Waals surface area contributed by atoms with Crippen molar-refractivity contribution in [3.63, 3.8) is 0 Å². The van der Waals surface area contributed by atoms with Gasteiger partial charge in [0.2, 0.25) is 0 Å². The van der Waals surface area contributed by atoms with Crippen LogP contribution in [0, 0.1) is 0 Å². The van der Waals surface area contributed by atoms with Crippen molar-refractivity contribution < 1.29 is 8.78 Å². The van der Waals surface area contributed by atoms with Gasteiger partial charge in [-0.1, -0.05) is 48.5 Å². The first-order chi connectivity index (χ1) is 8.69. The molecule has 0 heterocycles. The maximum Gasteiger partial charge on any atom is 0.263 e. The van der Waals surface area contributed by atoms with E-state index in [0.717, 1.165) is 28.7 Å². The molecule has 90 valence electrons. The minimum Gasteiger partial charge on any atom is -0.205 e. The van der Waals surface area contributed by atoms with Crippen molar-refractivity contribution in [2.75, 3.05) is 0 Å². The predicted molar refractivity (Wildman–Crippen MR) is 66.1 cm³/mol. The lowest BCUT2D eigenvalue weighted by atomic mass is 9.97. The van der Waals surface area contributed by atoms with Gasteiger partial charge in [-0.05, 0) is 28.7 Å². The van der Waals surface area contributed by atoms with Gasteiger partial charge in [0.1, 0.15) is 0 Å². The Kier molecular flexibility index (Phi) is 1.82. The van der Waals surface area contributed by atoms with Crippen LogP contribution in [0.25, 0.3) is 0 Å². The Balaban J connectivity index is 1.98. The molecule has 2 atom stereocenters. The lowest BCUT2D eigenvalue weighted by Crippen LogP contribution is -2.02. The van der Waals surface area contributed by atoms with E-state index in [9.17, 15) is 8.78 Å². The smallest absolute Gasteiger partial charge is 0.205 e. The van der Waals surface area contributed by atoms with Crippen LogP contribution >= 0.6 is 0 Å². The highest BCUT2D eigenvalue weighted by Gasteiger charge is 2.70. The van der Waals surface area contributed by atoms with Crippen LogP contribution in [0.1, 0.15) is 34.1 Å². The van der Waals surface area contributed by atoms with Gasteiger partial charge in [0.25, 0.3) is 5.92 Å². The van der Waals surface area contributed by atoms with Crippen molar-refractivity contribution in [3.8, 4) is 0 Å². The maximum atomic E-state index is 14.0. The summed E-state index contributed by atoms with van der Waals surface area (Å²) in [4.78, 5) is 0. The van der Waals surface area contributed by atoms with Crippen molar-refractivity contribution in [3.05, 3.63) is 70.8 Å². The van der Waals surface area contributed by atoms with Gasteiger partial charge in [-0.15, -0.1) is 0 Å². The van der Waals surface area contributed by atoms with E-state index < -0.39 is 17.8 Å². The zero-order valence-corrected chi connectivity index (χ0v) is 9.74. The topological polar surface area (TPSA) is 0 Å². The van der Waals surface area contributed by atoms with E-state index in [4.69, 9.17) is 0 Å². The van der Waals surface area contributed by atoms with Crippen LogP contribution < -0.4 is 0 Å². The van der Waals surface area contributed by atoms with Crippen LogP contribution in [0.4, 0.5) is 8.78 Å². The summed E-state index contributed by atoms with van der Waals surface area (Å²) >= 11 is 0. The summed E-state index contributed by atoms with van der Waals surface area (Å²) in [6, 6.07) is 15.3. The summed E-state index contributed by atoms with van der Waals surface area (Å²) in [5.41, 5.74) is 3.77. The van der Waals surface area contributed by atoms with E-state index in [0.29, 0.717) is 0 Å². The van der Waals surface area contributed by atoms with Crippen LogP contribution in [0.5, 0.6) is 0 Å². The molecule has 1 saturated carbocycles. The normalized spacial score (nSPS) is 26.6. The summed E-state index contributed by atoms with van der Waals surface area (Å²) in [6.07, 6.45) is 0.773. The highest BCUT2D eigenvalue weighted by molar-refractivity contribution is 5.53. The SMILES string of the molecule is FC1(F)[C@@H]2c3ccccc3Cc3ccccc3[C@@H]21. The number of fused-ring (bicyclic) bond motifs is 5. The van der Waals surface area contributed by atoms with Gasteiger partial charge in [0.05, 0.1) is 11.8 Å². The maximum absolute atomic E-state index is 14.0. The van der Waals surface area contributed by atoms with Crippen molar-refractivity contribution >= 4 is 0 Å². The van der Waals surface area contributed by atoms with Crippen LogP contribution in [0.3, 0.4) is 0 Å². The van der Waals surface area contributed by atoms with E-state index in [1.54, 1.807) is 0 Å². The number of benzene rings is 2. The fourth-order valence-corrected chi connectivity index (χ4v) is 3.30. The Morgan fingerprint density at radius 1 is 0.778 bits per heavy atom. The van der Waals surface area contributed by atoms with Gasteiger partial charge in [0, 0.05) is 0 Å². The Morgan fingerprint density at radius 3 is 1.72 bits per heavy atom. The molecule has 0 aliphatic heterocycles. The van der Waals surface area contributed by atoms with Gasteiger partial charge < -0.3 is 0 Å². The summed E-state index contributed by atoms with van der Waals surface area (Å²) in [5, 5.41) is 0. The van der Waals surface area contributed by atoms with Crippen molar-refractivity contribution in [2.24, 2.45) is 0 Å². The molecule has 0 spiro atoms. The molecule has 0 amide bonds. The summed E-state index contributed by atoms with van der Waals surface area (Å²) < 4.78 is 28.1. The number of halogens is 2. The second kappa shape index (κ2) is 3.19. The fourth-order valence-electron chi connectivity index (χ4n) is 3.30. The zero-order valence-electron chi connectivity index (χ0n) is 9.74. The molecule has 0 saturated heterocycles. The summed E-state index contributed by atoms with van der Waals surface area (Å²) in [6.45, 7) is 0. The minimum atomic E-state index is -2.58. The van der Waals surface area contributed by atoms with E-state index in [-0.39, 0.29) is 0 Å². The van der Waals surface area contributed by atoms with Crippen molar-refractivity contribution in [1.29, 1.82) is 0 Å². The van der Waals surface area contributed by atoms with Gasteiger partial charge in [-0.3, -0.25) is 0 Å². The molecular weight excluding hydrogens is 230 g/mol. The monoisotopic (exact) mass is 242 g/mol. The molecule has 2 aliphatic carbocycles. The molecular formula is C16H12F2. The van der Waals surface area contributed by atoms with Crippen LogP contribution in [0.2, 0.25) is 0 Å². The average molecular weight is 242 g/mol. The summed E-state index contributed by atoms with van der Waals surface area (Å²) in [7, 11) is 0. The molecule has 0 unspecified atom stereocenters. The van der Waals surface area contributed by atoms with Gasteiger partial charge in [-0.25, -0.2) is 8.78 Å². The van der Waals surface area contributed by atoms with Crippen molar-refractivity contribution in [2.45, 2.75) is 24.2 Å². The molecule has 4 rings (SSSR count). The van der Waals surface area contributed by atoms with Gasteiger partial charge >= 0.3 is 0 Å². The molecule has 0 N–H and O–H groups in total. The largest absolute Gasteiger partial charge is 0.263 e.